The van der Waals surface area contributed by atoms with Crippen LogP contribution in [0.15, 0.2) is 5.16 Å². The van der Waals surface area contributed by atoms with E-state index in [1.54, 1.807) is 20.1 Å². The lowest BCUT2D eigenvalue weighted by Gasteiger charge is -2.21. The molecule has 0 aromatic heterocycles. The first-order chi connectivity index (χ1) is 7.32. The van der Waals surface area contributed by atoms with Crippen LogP contribution < -0.4 is 11.1 Å². The maximum atomic E-state index is 11.7. The minimum Gasteiger partial charge on any atom is -0.409 e. The molecule has 6 nitrogen and oxygen atoms in total. The highest BCUT2D eigenvalue weighted by atomic mass is 32.2. The summed E-state index contributed by atoms with van der Waals surface area (Å²) >= 11 is 0. The van der Waals surface area contributed by atoms with Crippen molar-refractivity contribution in [2.24, 2.45) is 16.3 Å². The van der Waals surface area contributed by atoms with Crippen molar-refractivity contribution in [1.82, 2.24) is 5.32 Å². The highest BCUT2D eigenvalue weighted by Crippen LogP contribution is 2.14. The van der Waals surface area contributed by atoms with Crippen LogP contribution in [0.1, 0.15) is 20.3 Å². The summed E-state index contributed by atoms with van der Waals surface area (Å²) in [5, 5.41) is 14.0. The highest BCUT2D eigenvalue weighted by Gasteiger charge is 2.32. The fourth-order valence-corrected chi connectivity index (χ4v) is 1.49. The largest absolute Gasteiger partial charge is 0.409 e. The number of hydrogen-bond donors (Lipinski definition) is 3. The zero-order valence-electron chi connectivity index (χ0n) is 9.82. The molecule has 0 radical (unpaired) electrons. The number of oxime groups is 1. The summed E-state index contributed by atoms with van der Waals surface area (Å²) in [6.07, 6.45) is 2.25. The van der Waals surface area contributed by atoms with Crippen molar-refractivity contribution >= 4 is 22.5 Å². The molecule has 0 saturated heterocycles. The van der Waals surface area contributed by atoms with E-state index in [4.69, 9.17) is 10.9 Å². The lowest BCUT2D eigenvalue weighted by molar-refractivity contribution is -0.126. The highest BCUT2D eigenvalue weighted by molar-refractivity contribution is 7.84. The van der Waals surface area contributed by atoms with E-state index in [2.05, 4.69) is 10.5 Å². The van der Waals surface area contributed by atoms with Crippen LogP contribution in [-0.2, 0) is 15.6 Å². The van der Waals surface area contributed by atoms with Gasteiger partial charge in [-0.25, -0.2) is 0 Å². The number of carbonyl (C=O) groups is 1. The van der Waals surface area contributed by atoms with Crippen LogP contribution in [0.5, 0.6) is 0 Å². The van der Waals surface area contributed by atoms with E-state index in [-0.39, 0.29) is 11.7 Å². The van der Waals surface area contributed by atoms with E-state index in [0.717, 1.165) is 0 Å². The second kappa shape index (κ2) is 6.47. The molecule has 0 aliphatic carbocycles. The van der Waals surface area contributed by atoms with Gasteiger partial charge in [0.25, 0.3) is 0 Å². The van der Waals surface area contributed by atoms with Crippen LogP contribution in [0.4, 0.5) is 0 Å². The fourth-order valence-electron chi connectivity index (χ4n) is 0.940. The van der Waals surface area contributed by atoms with E-state index in [1.807, 2.05) is 0 Å². The van der Waals surface area contributed by atoms with Gasteiger partial charge in [-0.15, -0.1) is 0 Å². The second-order valence-corrected chi connectivity index (χ2v) is 5.55. The van der Waals surface area contributed by atoms with Gasteiger partial charge in [-0.2, -0.15) is 0 Å². The number of nitrogens with zero attached hydrogens (tertiary/aromatic N) is 1. The van der Waals surface area contributed by atoms with Crippen molar-refractivity contribution in [3.8, 4) is 0 Å². The molecule has 94 valence electrons. The lowest BCUT2D eigenvalue weighted by Crippen LogP contribution is -2.46. The van der Waals surface area contributed by atoms with Gasteiger partial charge in [0, 0.05) is 29.4 Å². The van der Waals surface area contributed by atoms with Gasteiger partial charge in [-0.1, -0.05) is 5.16 Å². The number of carbonyl (C=O) groups excluding carboxylic acids is 1. The van der Waals surface area contributed by atoms with Gasteiger partial charge in [-0.3, -0.25) is 9.00 Å². The van der Waals surface area contributed by atoms with Crippen molar-refractivity contribution < 1.29 is 14.2 Å². The minimum atomic E-state index is -1.04. The molecule has 1 amide bonds. The lowest BCUT2D eigenvalue weighted by atomic mass is 9.91. The molecule has 0 aliphatic rings. The van der Waals surface area contributed by atoms with E-state index >= 15 is 0 Å². The topological polar surface area (TPSA) is 105 Å². The number of amides is 1. The molecule has 0 rings (SSSR count). The maximum Gasteiger partial charge on any atom is 0.233 e. The Hall–Kier alpha value is -1.11. The number of hydrogen-bond acceptors (Lipinski definition) is 4. The summed E-state index contributed by atoms with van der Waals surface area (Å²) < 4.78 is 10.8. The van der Waals surface area contributed by atoms with E-state index in [0.29, 0.717) is 18.7 Å². The Kier molecular flexibility index (Phi) is 6.02. The van der Waals surface area contributed by atoms with Crippen molar-refractivity contribution in [1.29, 1.82) is 0 Å². The van der Waals surface area contributed by atoms with Crippen LogP contribution in [0, 0.1) is 5.41 Å². The zero-order chi connectivity index (χ0) is 12.8. The third kappa shape index (κ3) is 4.61. The van der Waals surface area contributed by atoms with Crippen molar-refractivity contribution in [3.63, 3.8) is 0 Å². The van der Waals surface area contributed by atoms with Gasteiger partial charge in [0.1, 0.15) is 5.41 Å². The zero-order valence-corrected chi connectivity index (χ0v) is 10.6. The summed E-state index contributed by atoms with van der Waals surface area (Å²) in [4.78, 5) is 11.7. The first kappa shape index (κ1) is 14.9. The van der Waals surface area contributed by atoms with E-state index in [9.17, 15) is 9.00 Å². The third-order valence-corrected chi connectivity index (χ3v) is 3.07. The van der Waals surface area contributed by atoms with Gasteiger partial charge in [0.05, 0.1) is 0 Å². The Morgan fingerprint density at radius 3 is 2.56 bits per heavy atom. The predicted molar refractivity (Wildman–Crippen MR) is 63.8 cm³/mol. The smallest absolute Gasteiger partial charge is 0.233 e. The first-order valence-electron chi connectivity index (χ1n) is 4.88. The molecule has 0 heterocycles. The van der Waals surface area contributed by atoms with Crippen LogP contribution >= 0.6 is 0 Å². The molecule has 7 heteroatoms. The van der Waals surface area contributed by atoms with Crippen LogP contribution in [0.2, 0.25) is 0 Å². The Morgan fingerprint density at radius 2 is 2.12 bits per heavy atom. The SMILES string of the molecule is CS(=O)CCCNC(=O)C(C)(C)C(N)=NO. The summed E-state index contributed by atoms with van der Waals surface area (Å²) in [6, 6.07) is 0. The molecule has 16 heavy (non-hydrogen) atoms. The summed E-state index contributed by atoms with van der Waals surface area (Å²) in [5.74, 6) is 0.0957. The number of nitrogens with one attached hydrogen (secondary N) is 1. The van der Waals surface area contributed by atoms with Crippen LogP contribution in [0.25, 0.3) is 0 Å². The Labute approximate surface area is 97.7 Å². The Morgan fingerprint density at radius 1 is 1.56 bits per heavy atom. The average Bonchev–Trinajstić information content (AvgIpc) is 2.22. The second-order valence-electron chi connectivity index (χ2n) is 4.00. The molecular formula is C9H19N3O3S. The standard InChI is InChI=1S/C9H19N3O3S/c1-9(2,7(10)12-14)8(13)11-5-4-6-16(3)15/h14H,4-6H2,1-3H3,(H2,10,12)(H,11,13). The molecule has 0 spiro atoms. The Balaban J connectivity index is 4.11. The van der Waals surface area contributed by atoms with Crippen LogP contribution in [0.3, 0.4) is 0 Å². The predicted octanol–water partition coefficient (Wildman–Crippen LogP) is -0.356. The van der Waals surface area contributed by atoms with Crippen molar-refractivity contribution in [2.75, 3.05) is 18.6 Å². The van der Waals surface area contributed by atoms with Gasteiger partial charge >= 0.3 is 0 Å². The normalized spacial score (nSPS) is 14.6. The van der Waals surface area contributed by atoms with Gasteiger partial charge < -0.3 is 16.3 Å². The minimum absolute atomic E-state index is 0.135. The monoisotopic (exact) mass is 249 g/mol. The summed E-state index contributed by atoms with van der Waals surface area (Å²) in [6.45, 7) is 3.56. The van der Waals surface area contributed by atoms with E-state index in [1.165, 1.54) is 0 Å². The third-order valence-electron chi connectivity index (χ3n) is 2.21. The summed E-state index contributed by atoms with van der Waals surface area (Å²) in [5.41, 5.74) is 4.35. The molecule has 0 aromatic carbocycles. The average molecular weight is 249 g/mol. The fraction of sp³-hybridized carbons (Fsp3) is 0.778. The number of rotatable bonds is 6. The van der Waals surface area contributed by atoms with Crippen molar-refractivity contribution in [3.05, 3.63) is 0 Å². The summed E-state index contributed by atoms with van der Waals surface area (Å²) in [7, 11) is -0.852. The first-order valence-corrected chi connectivity index (χ1v) is 6.61. The van der Waals surface area contributed by atoms with Gasteiger partial charge in [0.2, 0.25) is 5.91 Å². The van der Waals surface area contributed by atoms with E-state index < -0.39 is 16.2 Å². The molecule has 0 bridgehead atoms. The maximum absolute atomic E-state index is 11.7. The molecule has 0 saturated carbocycles. The number of amidine groups is 1. The molecule has 0 aliphatic heterocycles. The molecule has 1 atom stereocenters. The molecule has 1 unspecified atom stereocenters. The molecular weight excluding hydrogens is 230 g/mol. The quantitative estimate of drug-likeness (QED) is 0.197. The Bertz CT molecular complexity index is 302. The molecule has 4 N–H and O–H groups in total. The van der Waals surface area contributed by atoms with Gasteiger partial charge in [0.15, 0.2) is 5.84 Å². The van der Waals surface area contributed by atoms with Crippen molar-refractivity contribution in [2.45, 2.75) is 20.3 Å². The van der Waals surface area contributed by atoms with Gasteiger partial charge in [-0.05, 0) is 20.3 Å². The number of nitrogens with two attached hydrogens (primary N) is 1. The molecule has 0 aromatic rings. The molecule has 0 fully saturated rings. The van der Waals surface area contributed by atoms with Crippen LogP contribution in [-0.4, -0.2) is 39.7 Å².